The second kappa shape index (κ2) is 5.42. The van der Waals surface area contributed by atoms with Gasteiger partial charge < -0.3 is 14.1 Å². The van der Waals surface area contributed by atoms with Crippen LogP contribution in [0.1, 0.15) is 37.8 Å². The Hall–Kier alpha value is -1.40. The van der Waals surface area contributed by atoms with Crippen molar-refractivity contribution in [2.24, 2.45) is 0 Å². The van der Waals surface area contributed by atoms with Crippen molar-refractivity contribution in [1.29, 1.82) is 0 Å². The van der Waals surface area contributed by atoms with Gasteiger partial charge in [0.1, 0.15) is 18.5 Å². The number of likely N-dealkylation sites (tertiary alicyclic amines) is 1. The van der Waals surface area contributed by atoms with Gasteiger partial charge in [-0.25, -0.2) is 4.98 Å². The molecular formula is C15H23N3O3. The molecule has 21 heavy (non-hydrogen) atoms. The summed E-state index contributed by atoms with van der Waals surface area (Å²) in [6.45, 7) is 7.61. The Bertz CT molecular complexity index is 528. The highest BCUT2D eigenvalue weighted by Gasteiger charge is 2.44. The van der Waals surface area contributed by atoms with Crippen LogP contribution in [0.25, 0.3) is 0 Å². The van der Waals surface area contributed by atoms with Crippen LogP contribution in [0, 0.1) is 0 Å². The van der Waals surface area contributed by atoms with E-state index in [1.807, 2.05) is 7.05 Å². The molecule has 6 nitrogen and oxygen atoms in total. The molecule has 2 aliphatic rings. The standard InChI is InChI=1S/C15H23N3O3/c1-11(2)14-16-12(7-20-14)6-18-5-4-15(10-18)9-17(3)13(19)8-21-15/h7,11H,4-6,8-10H2,1-3H3. The van der Waals surface area contributed by atoms with Crippen molar-refractivity contribution in [2.45, 2.75) is 38.3 Å². The predicted octanol–water partition coefficient (Wildman–Crippen LogP) is 1.23. The first-order valence-electron chi connectivity index (χ1n) is 7.52. The number of morpholine rings is 1. The van der Waals surface area contributed by atoms with Crippen LogP contribution in [0.15, 0.2) is 10.7 Å². The number of oxazole rings is 1. The number of likely N-dealkylation sites (N-methyl/N-ethyl adjacent to an activating group) is 1. The molecule has 1 atom stereocenters. The normalized spacial score (nSPS) is 27.2. The molecule has 0 N–H and O–H groups in total. The fourth-order valence-corrected chi connectivity index (χ4v) is 3.09. The van der Waals surface area contributed by atoms with Gasteiger partial charge in [-0.15, -0.1) is 0 Å². The van der Waals surface area contributed by atoms with Crippen molar-refractivity contribution in [3.05, 3.63) is 17.8 Å². The van der Waals surface area contributed by atoms with Crippen molar-refractivity contribution >= 4 is 5.91 Å². The van der Waals surface area contributed by atoms with Gasteiger partial charge in [-0.2, -0.15) is 0 Å². The first-order valence-corrected chi connectivity index (χ1v) is 7.52. The van der Waals surface area contributed by atoms with E-state index >= 15 is 0 Å². The minimum Gasteiger partial charge on any atom is -0.448 e. The zero-order valence-electron chi connectivity index (χ0n) is 13.0. The molecule has 0 aliphatic carbocycles. The molecule has 3 rings (SSSR count). The molecule has 0 radical (unpaired) electrons. The average molecular weight is 293 g/mol. The number of hydrogen-bond acceptors (Lipinski definition) is 5. The van der Waals surface area contributed by atoms with Crippen LogP contribution in [0.3, 0.4) is 0 Å². The molecule has 3 heterocycles. The van der Waals surface area contributed by atoms with Crippen LogP contribution in [0.4, 0.5) is 0 Å². The van der Waals surface area contributed by atoms with Crippen molar-refractivity contribution in [1.82, 2.24) is 14.8 Å². The summed E-state index contributed by atoms with van der Waals surface area (Å²) in [4.78, 5) is 20.2. The second-order valence-corrected chi connectivity index (χ2v) is 6.51. The van der Waals surface area contributed by atoms with Crippen molar-refractivity contribution in [2.75, 3.05) is 33.3 Å². The van der Waals surface area contributed by atoms with E-state index < -0.39 is 0 Å². The first-order chi connectivity index (χ1) is 9.97. The van der Waals surface area contributed by atoms with Gasteiger partial charge in [0.05, 0.1) is 12.2 Å². The first kappa shape index (κ1) is 14.5. The van der Waals surface area contributed by atoms with Gasteiger partial charge in [-0.1, -0.05) is 13.8 Å². The predicted molar refractivity (Wildman–Crippen MR) is 76.8 cm³/mol. The Morgan fingerprint density at radius 1 is 1.43 bits per heavy atom. The molecule has 2 fully saturated rings. The monoisotopic (exact) mass is 293 g/mol. The number of nitrogens with zero attached hydrogens (tertiary/aromatic N) is 3. The number of aromatic nitrogens is 1. The van der Waals surface area contributed by atoms with E-state index in [0.29, 0.717) is 12.5 Å². The number of carbonyl (C=O) groups excluding carboxylic acids is 1. The summed E-state index contributed by atoms with van der Waals surface area (Å²) in [6, 6.07) is 0. The Balaban J connectivity index is 1.60. The summed E-state index contributed by atoms with van der Waals surface area (Å²) in [5.74, 6) is 1.17. The zero-order valence-corrected chi connectivity index (χ0v) is 13.0. The molecule has 0 saturated carbocycles. The third kappa shape index (κ3) is 2.96. The maximum absolute atomic E-state index is 11.5. The quantitative estimate of drug-likeness (QED) is 0.839. The summed E-state index contributed by atoms with van der Waals surface area (Å²) < 4.78 is 11.3. The second-order valence-electron chi connectivity index (χ2n) is 6.51. The third-order valence-electron chi connectivity index (χ3n) is 4.30. The summed E-state index contributed by atoms with van der Waals surface area (Å²) in [5.41, 5.74) is 0.767. The molecule has 1 unspecified atom stereocenters. The molecule has 116 valence electrons. The van der Waals surface area contributed by atoms with E-state index in [2.05, 4.69) is 23.7 Å². The van der Waals surface area contributed by atoms with E-state index in [4.69, 9.17) is 9.15 Å². The van der Waals surface area contributed by atoms with Crippen LogP contribution < -0.4 is 0 Å². The Morgan fingerprint density at radius 2 is 2.24 bits per heavy atom. The van der Waals surface area contributed by atoms with Gasteiger partial charge in [-0.05, 0) is 6.42 Å². The van der Waals surface area contributed by atoms with Crippen LogP contribution >= 0.6 is 0 Å². The van der Waals surface area contributed by atoms with Crippen LogP contribution in [-0.2, 0) is 16.1 Å². The Morgan fingerprint density at radius 3 is 2.90 bits per heavy atom. The van der Waals surface area contributed by atoms with E-state index in [1.165, 1.54) is 0 Å². The fourth-order valence-electron chi connectivity index (χ4n) is 3.09. The molecule has 1 amide bonds. The summed E-state index contributed by atoms with van der Waals surface area (Å²) in [6.07, 6.45) is 2.71. The zero-order chi connectivity index (χ0) is 15.0. The van der Waals surface area contributed by atoms with Crippen LogP contribution in [-0.4, -0.2) is 59.6 Å². The summed E-state index contributed by atoms with van der Waals surface area (Å²) in [5, 5.41) is 0. The van der Waals surface area contributed by atoms with Crippen LogP contribution in [0.2, 0.25) is 0 Å². The lowest BCUT2D eigenvalue weighted by Crippen LogP contribution is -2.54. The topological polar surface area (TPSA) is 58.8 Å². The van der Waals surface area contributed by atoms with Gasteiger partial charge >= 0.3 is 0 Å². The molecule has 0 aromatic carbocycles. The molecular weight excluding hydrogens is 270 g/mol. The molecule has 1 aromatic heterocycles. The van der Waals surface area contributed by atoms with Gasteiger partial charge in [-0.3, -0.25) is 9.69 Å². The maximum Gasteiger partial charge on any atom is 0.248 e. The molecule has 0 bridgehead atoms. The Kier molecular flexibility index (Phi) is 3.75. The average Bonchev–Trinajstić information content (AvgIpc) is 3.03. The molecule has 2 saturated heterocycles. The highest BCUT2D eigenvalue weighted by molar-refractivity contribution is 5.78. The van der Waals surface area contributed by atoms with Gasteiger partial charge in [0.2, 0.25) is 5.91 Å². The molecule has 1 aromatic rings. The van der Waals surface area contributed by atoms with Gasteiger partial charge in [0.25, 0.3) is 0 Å². The van der Waals surface area contributed by atoms with Crippen molar-refractivity contribution in [3.63, 3.8) is 0 Å². The molecule has 6 heteroatoms. The smallest absolute Gasteiger partial charge is 0.248 e. The maximum atomic E-state index is 11.5. The minimum absolute atomic E-state index is 0.0668. The van der Waals surface area contributed by atoms with Crippen molar-refractivity contribution in [3.8, 4) is 0 Å². The van der Waals surface area contributed by atoms with Gasteiger partial charge in [0.15, 0.2) is 5.89 Å². The molecule has 2 aliphatic heterocycles. The summed E-state index contributed by atoms with van der Waals surface area (Å²) >= 11 is 0. The number of ether oxygens (including phenoxy) is 1. The number of carbonyl (C=O) groups is 1. The van der Waals surface area contributed by atoms with Crippen LogP contribution in [0.5, 0.6) is 0 Å². The van der Waals surface area contributed by atoms with E-state index in [-0.39, 0.29) is 18.1 Å². The SMILES string of the molecule is CC(C)c1nc(CN2CCC3(C2)CN(C)C(=O)CO3)co1. The lowest BCUT2D eigenvalue weighted by Gasteiger charge is -2.38. The third-order valence-corrected chi connectivity index (χ3v) is 4.30. The fraction of sp³-hybridized carbons (Fsp3) is 0.733. The largest absolute Gasteiger partial charge is 0.448 e. The highest BCUT2D eigenvalue weighted by Crippen LogP contribution is 2.30. The van der Waals surface area contributed by atoms with Gasteiger partial charge in [0, 0.05) is 32.6 Å². The van der Waals surface area contributed by atoms with Crippen molar-refractivity contribution < 1.29 is 13.9 Å². The highest BCUT2D eigenvalue weighted by atomic mass is 16.5. The molecule has 1 spiro atoms. The lowest BCUT2D eigenvalue weighted by molar-refractivity contribution is -0.159. The van der Waals surface area contributed by atoms with E-state index in [9.17, 15) is 4.79 Å². The summed E-state index contributed by atoms with van der Waals surface area (Å²) in [7, 11) is 1.85. The van der Waals surface area contributed by atoms with E-state index in [1.54, 1.807) is 11.2 Å². The number of hydrogen-bond donors (Lipinski definition) is 0. The number of rotatable bonds is 3. The number of amides is 1. The lowest BCUT2D eigenvalue weighted by atomic mass is 10.0. The Labute approximate surface area is 125 Å². The van der Waals surface area contributed by atoms with E-state index in [0.717, 1.165) is 37.6 Å². The minimum atomic E-state index is -0.201.